The molecular formula is C33H31F3N4O3S. The third kappa shape index (κ3) is 7.96. The van der Waals surface area contributed by atoms with Crippen molar-refractivity contribution in [2.75, 3.05) is 10.7 Å². The van der Waals surface area contributed by atoms with Gasteiger partial charge in [0.1, 0.15) is 12.1 Å². The van der Waals surface area contributed by atoms with E-state index in [0.717, 1.165) is 54.5 Å². The van der Waals surface area contributed by atoms with Gasteiger partial charge in [0.05, 0.1) is 22.2 Å². The summed E-state index contributed by atoms with van der Waals surface area (Å²) in [4.78, 5) is 31.4. The number of anilines is 1. The van der Waals surface area contributed by atoms with E-state index in [-0.39, 0.29) is 17.4 Å². The number of aryl methyl sites for hydroxylation is 2. The van der Waals surface area contributed by atoms with Gasteiger partial charge in [-0.25, -0.2) is 9.67 Å². The first-order valence-corrected chi connectivity index (χ1v) is 15.3. The van der Waals surface area contributed by atoms with E-state index in [1.54, 1.807) is 11.0 Å². The Morgan fingerprint density at radius 3 is 2.59 bits per heavy atom. The molecule has 1 fully saturated rings. The summed E-state index contributed by atoms with van der Waals surface area (Å²) in [5.41, 5.74) is 4.42. The number of amides is 1. The number of allylic oxidation sites excluding steroid dienone is 1. The van der Waals surface area contributed by atoms with Crippen LogP contribution in [-0.4, -0.2) is 38.6 Å². The van der Waals surface area contributed by atoms with Crippen LogP contribution in [0, 0.1) is 0 Å². The Bertz CT molecular complexity index is 1650. The molecule has 0 bridgehead atoms. The van der Waals surface area contributed by atoms with Gasteiger partial charge in [-0.1, -0.05) is 61.5 Å². The minimum Gasteiger partial charge on any atom is -0.406 e. The van der Waals surface area contributed by atoms with E-state index < -0.39 is 6.36 Å². The number of hydrogen-bond donors (Lipinski definition) is 0. The Morgan fingerprint density at radius 1 is 1.02 bits per heavy atom. The van der Waals surface area contributed by atoms with Crippen LogP contribution in [0.25, 0.3) is 17.1 Å². The Balaban J connectivity index is 1.11. The second-order valence-electron chi connectivity index (χ2n) is 10.3. The maximum absolute atomic E-state index is 12.8. The SMILES string of the molecule is CCc1ccccc1N1C(=O)CS/C1=C\C(=O)CCCCCc1cccc(-c2ncn(-c3ccc(OC(F)(F)F)cc3)n2)c1. The van der Waals surface area contributed by atoms with E-state index in [1.165, 1.54) is 47.0 Å². The summed E-state index contributed by atoms with van der Waals surface area (Å²) in [5, 5.41) is 5.18. The van der Waals surface area contributed by atoms with Gasteiger partial charge in [0.25, 0.3) is 0 Å². The number of ether oxygens (including phenoxy) is 1. The molecule has 0 radical (unpaired) electrons. The maximum atomic E-state index is 12.8. The van der Waals surface area contributed by atoms with Gasteiger partial charge in [0.2, 0.25) is 5.91 Å². The Kier molecular flexibility index (Phi) is 9.84. The first-order chi connectivity index (χ1) is 21.2. The van der Waals surface area contributed by atoms with E-state index in [2.05, 4.69) is 14.8 Å². The highest BCUT2D eigenvalue weighted by atomic mass is 32.2. The van der Waals surface area contributed by atoms with Crippen molar-refractivity contribution in [3.63, 3.8) is 0 Å². The largest absolute Gasteiger partial charge is 0.573 e. The Morgan fingerprint density at radius 2 is 1.82 bits per heavy atom. The second kappa shape index (κ2) is 13.9. The molecule has 4 aromatic rings. The van der Waals surface area contributed by atoms with Crippen molar-refractivity contribution in [3.8, 4) is 22.8 Å². The summed E-state index contributed by atoms with van der Waals surface area (Å²) in [6.07, 6.45) is 2.98. The molecule has 5 rings (SSSR count). The number of para-hydroxylation sites is 1. The van der Waals surface area contributed by atoms with Crippen LogP contribution in [0.3, 0.4) is 0 Å². The predicted molar refractivity (Wildman–Crippen MR) is 165 cm³/mol. The average Bonchev–Trinajstić information content (AvgIpc) is 3.64. The van der Waals surface area contributed by atoms with Crippen molar-refractivity contribution in [1.82, 2.24) is 14.8 Å². The van der Waals surface area contributed by atoms with Crippen molar-refractivity contribution < 1.29 is 27.5 Å². The number of thioether (sulfide) groups is 1. The zero-order chi connectivity index (χ0) is 31.1. The smallest absolute Gasteiger partial charge is 0.406 e. The number of carbonyl (C=O) groups is 2. The van der Waals surface area contributed by atoms with E-state index in [0.29, 0.717) is 28.7 Å². The first-order valence-electron chi connectivity index (χ1n) is 14.4. The third-order valence-corrected chi connectivity index (χ3v) is 8.10. The molecule has 0 N–H and O–H groups in total. The molecule has 1 saturated heterocycles. The zero-order valence-electron chi connectivity index (χ0n) is 24.1. The summed E-state index contributed by atoms with van der Waals surface area (Å²) in [6.45, 7) is 2.05. The first kappa shape index (κ1) is 31.1. The van der Waals surface area contributed by atoms with Crippen molar-refractivity contribution >= 4 is 29.1 Å². The lowest BCUT2D eigenvalue weighted by molar-refractivity contribution is -0.274. The van der Waals surface area contributed by atoms with Gasteiger partial charge in [0.15, 0.2) is 11.6 Å². The van der Waals surface area contributed by atoms with Gasteiger partial charge in [-0.05, 0) is 73.2 Å². The molecule has 3 aromatic carbocycles. The summed E-state index contributed by atoms with van der Waals surface area (Å²) in [5.74, 6) is 0.542. The molecule has 0 saturated carbocycles. The van der Waals surface area contributed by atoms with E-state index in [9.17, 15) is 22.8 Å². The zero-order valence-corrected chi connectivity index (χ0v) is 24.9. The Labute approximate surface area is 257 Å². The van der Waals surface area contributed by atoms with Crippen LogP contribution in [0.2, 0.25) is 0 Å². The molecular weight excluding hydrogens is 589 g/mol. The normalized spacial score (nSPS) is 14.4. The van der Waals surface area contributed by atoms with Gasteiger partial charge in [-0.2, -0.15) is 0 Å². The summed E-state index contributed by atoms with van der Waals surface area (Å²) < 4.78 is 42.7. The molecule has 2 heterocycles. The van der Waals surface area contributed by atoms with Crippen LogP contribution in [0.5, 0.6) is 5.75 Å². The van der Waals surface area contributed by atoms with E-state index in [4.69, 9.17) is 0 Å². The molecule has 1 aliphatic heterocycles. The topological polar surface area (TPSA) is 77.3 Å². The standard InChI is InChI=1S/C33H31F3N4O3S/c1-2-24-11-6-7-14-29(24)40-30(42)21-44-31(40)20-27(41)13-5-3-4-9-23-10-8-12-25(19-23)32-37-22-39(38-32)26-15-17-28(18-16-26)43-33(34,35)36/h6-8,10-12,14-20,22H,2-5,9,13,21H2,1H3/b31-20-. The summed E-state index contributed by atoms with van der Waals surface area (Å²) in [6, 6.07) is 21.1. The quantitative estimate of drug-likeness (QED) is 0.119. The molecule has 7 nitrogen and oxygen atoms in total. The number of aromatic nitrogens is 3. The molecule has 1 aromatic heterocycles. The number of alkyl halides is 3. The third-order valence-electron chi connectivity index (χ3n) is 7.11. The van der Waals surface area contributed by atoms with Crippen molar-refractivity contribution in [2.45, 2.75) is 51.8 Å². The van der Waals surface area contributed by atoms with Crippen LogP contribution in [0.15, 0.2) is 90.2 Å². The van der Waals surface area contributed by atoms with Gasteiger partial charge < -0.3 is 4.74 Å². The van der Waals surface area contributed by atoms with Crippen LogP contribution in [0.4, 0.5) is 18.9 Å². The molecule has 0 atom stereocenters. The second-order valence-corrected chi connectivity index (χ2v) is 11.3. The molecule has 228 valence electrons. The molecule has 44 heavy (non-hydrogen) atoms. The molecule has 0 unspecified atom stereocenters. The van der Waals surface area contributed by atoms with Crippen molar-refractivity contribution in [2.24, 2.45) is 0 Å². The molecule has 11 heteroatoms. The molecule has 0 aliphatic carbocycles. The van der Waals surface area contributed by atoms with Crippen LogP contribution in [-0.2, 0) is 22.4 Å². The minimum absolute atomic E-state index is 0.00670. The minimum atomic E-state index is -4.75. The predicted octanol–water partition coefficient (Wildman–Crippen LogP) is 7.69. The molecule has 1 aliphatic rings. The van der Waals surface area contributed by atoms with Crippen LogP contribution in [0.1, 0.15) is 43.7 Å². The Hall–Kier alpha value is -4.38. The summed E-state index contributed by atoms with van der Waals surface area (Å²) >= 11 is 1.41. The van der Waals surface area contributed by atoms with Crippen LogP contribution >= 0.6 is 11.8 Å². The highest BCUT2D eigenvalue weighted by Crippen LogP contribution is 2.36. The van der Waals surface area contributed by atoms with Gasteiger partial charge in [0, 0.05) is 18.1 Å². The maximum Gasteiger partial charge on any atom is 0.573 e. The number of rotatable bonds is 12. The number of nitrogens with zero attached hydrogens (tertiary/aromatic N) is 4. The number of halogens is 3. The summed E-state index contributed by atoms with van der Waals surface area (Å²) in [7, 11) is 0. The molecule has 0 spiro atoms. The van der Waals surface area contributed by atoms with Gasteiger partial charge >= 0.3 is 6.36 Å². The number of benzene rings is 3. The lowest BCUT2D eigenvalue weighted by Crippen LogP contribution is -2.25. The number of unbranched alkanes of at least 4 members (excludes halogenated alkanes) is 2. The van der Waals surface area contributed by atoms with Crippen molar-refractivity contribution in [1.29, 1.82) is 0 Å². The highest BCUT2D eigenvalue weighted by molar-refractivity contribution is 8.04. The highest BCUT2D eigenvalue weighted by Gasteiger charge is 2.31. The fourth-order valence-electron chi connectivity index (χ4n) is 4.98. The number of carbonyl (C=O) groups excluding carboxylic acids is 2. The fourth-order valence-corrected chi connectivity index (χ4v) is 5.92. The van der Waals surface area contributed by atoms with Gasteiger partial charge in [-0.15, -0.1) is 18.3 Å². The fraction of sp³-hybridized carbons (Fsp3) is 0.273. The lowest BCUT2D eigenvalue weighted by atomic mass is 10.0. The van der Waals surface area contributed by atoms with Crippen LogP contribution < -0.4 is 9.64 Å². The lowest BCUT2D eigenvalue weighted by Gasteiger charge is -2.20. The average molecular weight is 621 g/mol. The van der Waals surface area contributed by atoms with E-state index in [1.807, 2.05) is 55.5 Å². The van der Waals surface area contributed by atoms with E-state index >= 15 is 0 Å². The van der Waals surface area contributed by atoms with Crippen molar-refractivity contribution in [3.05, 3.63) is 101 Å². The van der Waals surface area contributed by atoms with Gasteiger partial charge in [-0.3, -0.25) is 14.5 Å². The number of hydrogen-bond acceptors (Lipinski definition) is 6. The monoisotopic (exact) mass is 620 g/mol. The molecule has 1 amide bonds. The number of ketones is 1.